The summed E-state index contributed by atoms with van der Waals surface area (Å²) in [6.45, 7) is 2.30. The highest BCUT2D eigenvalue weighted by Gasteiger charge is 2.31. The first-order valence-electron chi connectivity index (χ1n) is 10.4. The Morgan fingerprint density at radius 2 is 1.72 bits per heavy atom. The first-order valence-corrected chi connectivity index (χ1v) is 10.4. The van der Waals surface area contributed by atoms with E-state index in [4.69, 9.17) is 5.73 Å². The van der Waals surface area contributed by atoms with Crippen LogP contribution in [0.2, 0.25) is 0 Å². The summed E-state index contributed by atoms with van der Waals surface area (Å²) in [5.41, 5.74) is 7.91. The molecular weight excluding hydrogens is 423 g/mol. The maximum Gasteiger partial charge on any atom is 0.573 e. The molecule has 32 heavy (non-hydrogen) atoms. The summed E-state index contributed by atoms with van der Waals surface area (Å²) in [6, 6.07) is 13.0. The molecule has 0 bridgehead atoms. The lowest BCUT2D eigenvalue weighted by atomic mass is 9.97. The Kier molecular flexibility index (Phi) is 7.74. The minimum Gasteiger partial charge on any atom is -0.406 e. The fourth-order valence-electron chi connectivity index (χ4n) is 3.72. The number of nitrogens with two attached hydrogens (primary N) is 1. The van der Waals surface area contributed by atoms with Gasteiger partial charge in [-0.15, -0.1) is 13.2 Å². The molecule has 0 aromatic heterocycles. The number of benzene rings is 2. The number of primary amides is 1. The van der Waals surface area contributed by atoms with Gasteiger partial charge in [-0.1, -0.05) is 24.3 Å². The van der Waals surface area contributed by atoms with Crippen LogP contribution in [0.25, 0.3) is 0 Å². The lowest BCUT2D eigenvalue weighted by Gasteiger charge is -2.31. The molecule has 1 fully saturated rings. The monoisotopic (exact) mass is 449 g/mol. The molecule has 1 aliphatic heterocycles. The predicted octanol–water partition coefficient (Wildman–Crippen LogP) is 3.85. The Bertz CT molecular complexity index is 915. The molecule has 1 unspecified atom stereocenters. The zero-order chi connectivity index (χ0) is 23.1. The molecular formula is C23H26F3N3O3. The number of carbonyl (C=O) groups is 2. The standard InChI is InChI=1S/C23H26F3N3O3/c24-23(25,26)32-20-10-5-16(6-11-20)7-12-21(30)28-19-8-3-17(4-9-19)14-29-13-1-2-18(15-29)22(27)31/h3-6,8-11,18H,1-2,7,12-15H2,(H2,27,31)(H,28,30). The molecule has 1 atom stereocenters. The number of alkyl halides is 3. The molecule has 9 heteroatoms. The topological polar surface area (TPSA) is 84.7 Å². The first-order chi connectivity index (χ1) is 15.2. The van der Waals surface area contributed by atoms with E-state index in [1.807, 2.05) is 24.3 Å². The van der Waals surface area contributed by atoms with Gasteiger partial charge in [-0.05, 0) is 61.2 Å². The Morgan fingerprint density at radius 3 is 2.34 bits per heavy atom. The van der Waals surface area contributed by atoms with Crippen molar-refractivity contribution < 1.29 is 27.5 Å². The molecule has 172 valence electrons. The number of hydrogen-bond donors (Lipinski definition) is 2. The molecule has 1 aliphatic rings. The van der Waals surface area contributed by atoms with Gasteiger partial charge < -0.3 is 15.8 Å². The minimum atomic E-state index is -4.73. The minimum absolute atomic E-state index is 0.101. The number of anilines is 1. The average Bonchev–Trinajstić information content (AvgIpc) is 2.74. The van der Waals surface area contributed by atoms with Crippen LogP contribution in [0.1, 0.15) is 30.4 Å². The fraction of sp³-hybridized carbons (Fsp3) is 0.391. The van der Waals surface area contributed by atoms with Crippen LogP contribution >= 0.6 is 0 Å². The summed E-state index contributed by atoms with van der Waals surface area (Å²) in [4.78, 5) is 25.8. The quantitative estimate of drug-likeness (QED) is 0.641. The van der Waals surface area contributed by atoms with Gasteiger partial charge in [-0.3, -0.25) is 14.5 Å². The number of piperidine rings is 1. The first kappa shape index (κ1) is 23.6. The van der Waals surface area contributed by atoms with Crippen LogP contribution in [-0.2, 0) is 22.6 Å². The van der Waals surface area contributed by atoms with Crippen LogP contribution in [-0.4, -0.2) is 36.2 Å². The van der Waals surface area contributed by atoms with Crippen molar-refractivity contribution >= 4 is 17.5 Å². The van der Waals surface area contributed by atoms with Crippen molar-refractivity contribution in [2.75, 3.05) is 18.4 Å². The number of aryl methyl sites for hydroxylation is 1. The third-order valence-corrected chi connectivity index (χ3v) is 5.35. The molecule has 1 saturated heterocycles. The maximum absolute atomic E-state index is 12.2. The molecule has 2 aromatic carbocycles. The number of likely N-dealkylation sites (tertiary alicyclic amines) is 1. The Morgan fingerprint density at radius 1 is 1.06 bits per heavy atom. The second kappa shape index (κ2) is 10.5. The lowest BCUT2D eigenvalue weighted by molar-refractivity contribution is -0.274. The van der Waals surface area contributed by atoms with E-state index in [-0.39, 0.29) is 29.9 Å². The summed E-state index contributed by atoms with van der Waals surface area (Å²) in [6.07, 6.45) is -2.35. The number of nitrogens with zero attached hydrogens (tertiary/aromatic N) is 1. The number of carbonyl (C=O) groups excluding carboxylic acids is 2. The molecule has 2 aromatic rings. The largest absolute Gasteiger partial charge is 0.573 e. The molecule has 3 rings (SSSR count). The summed E-state index contributed by atoms with van der Waals surface area (Å²) in [5, 5.41) is 2.82. The van der Waals surface area contributed by atoms with Gasteiger partial charge in [0.05, 0.1) is 5.92 Å². The molecule has 2 amide bonds. The third kappa shape index (κ3) is 7.56. The van der Waals surface area contributed by atoms with Crippen LogP contribution in [0.15, 0.2) is 48.5 Å². The van der Waals surface area contributed by atoms with Crippen molar-refractivity contribution in [3.8, 4) is 5.75 Å². The van der Waals surface area contributed by atoms with E-state index in [0.29, 0.717) is 25.2 Å². The van der Waals surface area contributed by atoms with E-state index < -0.39 is 6.36 Å². The normalized spacial score (nSPS) is 17.0. The second-order valence-electron chi connectivity index (χ2n) is 7.91. The van der Waals surface area contributed by atoms with Crippen LogP contribution < -0.4 is 15.8 Å². The second-order valence-corrected chi connectivity index (χ2v) is 7.91. The van der Waals surface area contributed by atoms with E-state index in [0.717, 1.165) is 30.5 Å². The number of nitrogens with one attached hydrogen (secondary N) is 1. The number of amides is 2. The highest BCUT2D eigenvalue weighted by molar-refractivity contribution is 5.90. The SMILES string of the molecule is NC(=O)C1CCCN(Cc2ccc(NC(=O)CCc3ccc(OC(F)(F)F)cc3)cc2)C1. The van der Waals surface area contributed by atoms with Crippen molar-refractivity contribution in [2.24, 2.45) is 11.7 Å². The number of halogens is 3. The Balaban J connectivity index is 1.44. The third-order valence-electron chi connectivity index (χ3n) is 5.35. The van der Waals surface area contributed by atoms with E-state index >= 15 is 0 Å². The van der Waals surface area contributed by atoms with Gasteiger partial charge in [0, 0.05) is 25.2 Å². The molecule has 0 saturated carbocycles. The van der Waals surface area contributed by atoms with Gasteiger partial charge in [0.25, 0.3) is 0 Å². The summed E-state index contributed by atoms with van der Waals surface area (Å²) >= 11 is 0. The summed E-state index contributed by atoms with van der Waals surface area (Å²) in [7, 11) is 0. The van der Waals surface area contributed by atoms with Crippen LogP contribution in [0.5, 0.6) is 5.75 Å². The summed E-state index contributed by atoms with van der Waals surface area (Å²) < 4.78 is 40.4. The Hall–Kier alpha value is -3.07. The molecule has 1 heterocycles. The molecule has 6 nitrogen and oxygen atoms in total. The van der Waals surface area contributed by atoms with E-state index in [9.17, 15) is 22.8 Å². The zero-order valence-corrected chi connectivity index (χ0v) is 17.5. The maximum atomic E-state index is 12.2. The highest BCUT2D eigenvalue weighted by atomic mass is 19.4. The lowest BCUT2D eigenvalue weighted by Crippen LogP contribution is -2.40. The van der Waals surface area contributed by atoms with Gasteiger partial charge in [0.2, 0.25) is 11.8 Å². The number of hydrogen-bond acceptors (Lipinski definition) is 4. The van der Waals surface area contributed by atoms with E-state index in [1.165, 1.54) is 24.3 Å². The number of ether oxygens (including phenoxy) is 1. The van der Waals surface area contributed by atoms with Crippen molar-refractivity contribution in [2.45, 2.75) is 38.6 Å². The van der Waals surface area contributed by atoms with Crippen molar-refractivity contribution in [3.05, 3.63) is 59.7 Å². The molecule has 3 N–H and O–H groups in total. The smallest absolute Gasteiger partial charge is 0.406 e. The van der Waals surface area contributed by atoms with Crippen molar-refractivity contribution in [1.82, 2.24) is 4.90 Å². The van der Waals surface area contributed by atoms with E-state index in [2.05, 4.69) is 15.0 Å². The zero-order valence-electron chi connectivity index (χ0n) is 17.5. The number of rotatable bonds is 8. The van der Waals surface area contributed by atoms with Crippen LogP contribution in [0.3, 0.4) is 0 Å². The average molecular weight is 449 g/mol. The van der Waals surface area contributed by atoms with Gasteiger partial charge in [-0.25, -0.2) is 0 Å². The fourth-order valence-corrected chi connectivity index (χ4v) is 3.72. The van der Waals surface area contributed by atoms with Gasteiger partial charge in [-0.2, -0.15) is 0 Å². The van der Waals surface area contributed by atoms with E-state index in [1.54, 1.807) is 0 Å². The van der Waals surface area contributed by atoms with Crippen molar-refractivity contribution in [3.63, 3.8) is 0 Å². The summed E-state index contributed by atoms with van der Waals surface area (Å²) in [5.74, 6) is -0.830. The van der Waals surface area contributed by atoms with Crippen LogP contribution in [0, 0.1) is 5.92 Å². The van der Waals surface area contributed by atoms with Gasteiger partial charge in [0.15, 0.2) is 0 Å². The highest BCUT2D eigenvalue weighted by Crippen LogP contribution is 2.23. The Labute approximate surface area is 184 Å². The van der Waals surface area contributed by atoms with Gasteiger partial charge >= 0.3 is 6.36 Å². The predicted molar refractivity (Wildman–Crippen MR) is 114 cm³/mol. The van der Waals surface area contributed by atoms with Gasteiger partial charge in [0.1, 0.15) is 5.75 Å². The molecule has 0 aliphatic carbocycles. The van der Waals surface area contributed by atoms with Crippen molar-refractivity contribution in [1.29, 1.82) is 0 Å². The van der Waals surface area contributed by atoms with Crippen LogP contribution in [0.4, 0.5) is 18.9 Å². The molecule has 0 spiro atoms. The molecule has 0 radical (unpaired) electrons.